The molecule has 1 unspecified atom stereocenters. The van der Waals surface area contributed by atoms with Gasteiger partial charge in [-0.3, -0.25) is 9.48 Å². The van der Waals surface area contributed by atoms with E-state index in [1.165, 1.54) is 0 Å². The maximum absolute atomic E-state index is 12.6. The van der Waals surface area contributed by atoms with Gasteiger partial charge in [-0.25, -0.2) is 0 Å². The minimum atomic E-state index is -0.0318. The minimum Gasteiger partial charge on any atom is -0.337 e. The molecule has 1 aliphatic heterocycles. The van der Waals surface area contributed by atoms with Crippen molar-refractivity contribution in [3.8, 4) is 0 Å². The van der Waals surface area contributed by atoms with Gasteiger partial charge in [-0.2, -0.15) is 5.10 Å². The Morgan fingerprint density at radius 2 is 2.14 bits per heavy atom. The predicted molar refractivity (Wildman–Crippen MR) is 87.1 cm³/mol. The van der Waals surface area contributed by atoms with Crippen molar-refractivity contribution < 1.29 is 4.79 Å². The molecule has 0 spiro atoms. The quantitative estimate of drug-likeness (QED) is 0.926. The SMILES string of the molecule is CNCC1CCN(C(=O)c2cc(C(C)(C)C)nn2C)C1.Cl. The summed E-state index contributed by atoms with van der Waals surface area (Å²) in [7, 11) is 3.81. The number of aromatic nitrogens is 2. The molecule has 21 heavy (non-hydrogen) atoms. The van der Waals surface area contributed by atoms with Crippen molar-refractivity contribution >= 4 is 18.3 Å². The molecule has 6 heteroatoms. The first-order valence-electron chi connectivity index (χ1n) is 7.31. The normalized spacial score (nSPS) is 18.7. The highest BCUT2D eigenvalue weighted by atomic mass is 35.5. The summed E-state index contributed by atoms with van der Waals surface area (Å²) in [5, 5.41) is 7.68. The van der Waals surface area contributed by atoms with Crippen LogP contribution in [0.3, 0.4) is 0 Å². The van der Waals surface area contributed by atoms with Crippen molar-refractivity contribution in [3.05, 3.63) is 17.5 Å². The molecule has 0 aromatic carbocycles. The minimum absolute atomic E-state index is 0. The molecule has 1 amide bonds. The number of nitrogens with zero attached hydrogens (tertiary/aromatic N) is 3. The Hall–Kier alpha value is -1.07. The second kappa shape index (κ2) is 6.79. The molecule has 1 aromatic heterocycles. The number of hydrogen-bond acceptors (Lipinski definition) is 3. The fourth-order valence-corrected chi connectivity index (χ4v) is 2.67. The lowest BCUT2D eigenvalue weighted by Gasteiger charge is -2.16. The average molecular weight is 315 g/mol. The first-order valence-corrected chi connectivity index (χ1v) is 7.31. The largest absolute Gasteiger partial charge is 0.337 e. The number of carbonyl (C=O) groups is 1. The lowest BCUT2D eigenvalue weighted by molar-refractivity contribution is 0.0776. The van der Waals surface area contributed by atoms with Crippen LogP contribution in [0.25, 0.3) is 0 Å². The Morgan fingerprint density at radius 1 is 1.48 bits per heavy atom. The van der Waals surface area contributed by atoms with Crippen molar-refractivity contribution in [2.75, 3.05) is 26.7 Å². The van der Waals surface area contributed by atoms with Crippen LogP contribution in [0.2, 0.25) is 0 Å². The zero-order valence-electron chi connectivity index (χ0n) is 13.6. The van der Waals surface area contributed by atoms with Crippen molar-refractivity contribution in [1.82, 2.24) is 20.0 Å². The highest BCUT2D eigenvalue weighted by Crippen LogP contribution is 2.23. The zero-order valence-corrected chi connectivity index (χ0v) is 14.5. The zero-order chi connectivity index (χ0) is 14.9. The highest BCUT2D eigenvalue weighted by molar-refractivity contribution is 5.93. The molecule has 2 rings (SSSR count). The summed E-state index contributed by atoms with van der Waals surface area (Å²) in [5.41, 5.74) is 1.63. The van der Waals surface area contributed by atoms with Crippen LogP contribution in [0.4, 0.5) is 0 Å². The lowest BCUT2D eigenvalue weighted by Crippen LogP contribution is -2.31. The van der Waals surface area contributed by atoms with E-state index < -0.39 is 0 Å². The van der Waals surface area contributed by atoms with Crippen LogP contribution >= 0.6 is 12.4 Å². The Kier molecular flexibility index (Phi) is 5.82. The number of nitrogens with one attached hydrogen (secondary N) is 1. The third kappa shape index (κ3) is 3.98. The van der Waals surface area contributed by atoms with Gasteiger partial charge in [-0.1, -0.05) is 20.8 Å². The van der Waals surface area contributed by atoms with E-state index in [-0.39, 0.29) is 23.7 Å². The molecule has 0 radical (unpaired) electrons. The molecule has 1 aromatic rings. The van der Waals surface area contributed by atoms with Crippen molar-refractivity contribution in [2.45, 2.75) is 32.6 Å². The summed E-state index contributed by atoms with van der Waals surface area (Å²) in [4.78, 5) is 14.6. The van der Waals surface area contributed by atoms with E-state index >= 15 is 0 Å². The molecular formula is C15H27ClN4O. The number of halogens is 1. The van der Waals surface area contributed by atoms with Gasteiger partial charge in [0.25, 0.3) is 5.91 Å². The number of rotatable bonds is 3. The standard InChI is InChI=1S/C15H26N4O.ClH/c1-15(2,3)13-8-12(18(5)17-13)14(20)19-7-6-11(10-19)9-16-4;/h8,11,16H,6-7,9-10H2,1-5H3;1H. The molecule has 120 valence electrons. The van der Waals surface area contributed by atoms with Crippen LogP contribution in [-0.2, 0) is 12.5 Å². The molecule has 0 saturated carbocycles. The lowest BCUT2D eigenvalue weighted by atomic mass is 9.92. The second-order valence-electron chi connectivity index (χ2n) is 6.75. The molecule has 1 atom stereocenters. The van der Waals surface area contributed by atoms with E-state index in [0.29, 0.717) is 11.6 Å². The molecule has 0 aliphatic carbocycles. The third-order valence-corrected chi connectivity index (χ3v) is 3.93. The van der Waals surface area contributed by atoms with E-state index in [4.69, 9.17) is 0 Å². The molecule has 2 heterocycles. The Balaban J connectivity index is 0.00000220. The van der Waals surface area contributed by atoms with E-state index in [1.54, 1.807) is 4.68 Å². The molecule has 1 N–H and O–H groups in total. The number of carbonyl (C=O) groups excluding carboxylic acids is 1. The van der Waals surface area contributed by atoms with Gasteiger partial charge in [0, 0.05) is 25.6 Å². The first-order chi connectivity index (χ1) is 9.32. The smallest absolute Gasteiger partial charge is 0.272 e. The number of aryl methyl sites for hydroxylation is 1. The van der Waals surface area contributed by atoms with Gasteiger partial charge in [0.1, 0.15) is 5.69 Å². The molecule has 0 bridgehead atoms. The molecule has 1 aliphatic rings. The van der Waals surface area contributed by atoms with E-state index in [0.717, 1.165) is 31.7 Å². The van der Waals surface area contributed by atoms with Crippen molar-refractivity contribution in [3.63, 3.8) is 0 Å². The molecular weight excluding hydrogens is 288 g/mol. The highest BCUT2D eigenvalue weighted by Gasteiger charge is 2.29. The van der Waals surface area contributed by atoms with Gasteiger partial charge in [0.05, 0.1) is 5.69 Å². The Bertz CT molecular complexity index is 492. The molecule has 1 saturated heterocycles. The molecule has 5 nitrogen and oxygen atoms in total. The van der Waals surface area contributed by atoms with Gasteiger partial charge < -0.3 is 10.2 Å². The average Bonchev–Trinajstić information content (AvgIpc) is 2.95. The Morgan fingerprint density at radius 3 is 2.67 bits per heavy atom. The maximum Gasteiger partial charge on any atom is 0.272 e. The Labute approximate surface area is 133 Å². The van der Waals surface area contributed by atoms with Crippen molar-refractivity contribution in [1.29, 1.82) is 0 Å². The van der Waals surface area contributed by atoms with E-state index in [9.17, 15) is 4.79 Å². The topological polar surface area (TPSA) is 50.2 Å². The summed E-state index contributed by atoms with van der Waals surface area (Å²) < 4.78 is 1.72. The summed E-state index contributed by atoms with van der Waals surface area (Å²) in [6.07, 6.45) is 1.08. The summed E-state index contributed by atoms with van der Waals surface area (Å²) in [6.45, 7) is 9.01. The van der Waals surface area contributed by atoms with Gasteiger partial charge in [-0.15, -0.1) is 12.4 Å². The summed E-state index contributed by atoms with van der Waals surface area (Å²) in [6, 6.07) is 1.94. The summed E-state index contributed by atoms with van der Waals surface area (Å²) in [5.74, 6) is 0.674. The van der Waals surface area contributed by atoms with Gasteiger partial charge in [-0.05, 0) is 32.0 Å². The van der Waals surface area contributed by atoms with Crippen LogP contribution < -0.4 is 5.32 Å². The predicted octanol–water partition coefficient (Wildman–Crippen LogP) is 1.82. The molecule has 1 fully saturated rings. The van der Waals surface area contributed by atoms with E-state index in [1.807, 2.05) is 25.1 Å². The van der Waals surface area contributed by atoms with Crippen LogP contribution in [0.15, 0.2) is 6.07 Å². The maximum atomic E-state index is 12.6. The van der Waals surface area contributed by atoms with Gasteiger partial charge in [0.2, 0.25) is 0 Å². The second-order valence-corrected chi connectivity index (χ2v) is 6.75. The number of hydrogen-bond donors (Lipinski definition) is 1. The third-order valence-electron chi connectivity index (χ3n) is 3.93. The van der Waals surface area contributed by atoms with Gasteiger partial charge >= 0.3 is 0 Å². The van der Waals surface area contributed by atoms with Crippen molar-refractivity contribution in [2.24, 2.45) is 13.0 Å². The number of amides is 1. The fraction of sp³-hybridized carbons (Fsp3) is 0.733. The van der Waals surface area contributed by atoms with Crippen LogP contribution in [-0.4, -0.2) is 47.3 Å². The van der Waals surface area contributed by atoms with Crippen LogP contribution in [0, 0.1) is 5.92 Å². The summed E-state index contributed by atoms with van der Waals surface area (Å²) >= 11 is 0. The van der Waals surface area contributed by atoms with Crippen LogP contribution in [0.1, 0.15) is 43.4 Å². The number of likely N-dealkylation sites (tertiary alicyclic amines) is 1. The van der Waals surface area contributed by atoms with Crippen LogP contribution in [0.5, 0.6) is 0 Å². The van der Waals surface area contributed by atoms with E-state index in [2.05, 4.69) is 31.2 Å². The fourth-order valence-electron chi connectivity index (χ4n) is 2.67. The van der Waals surface area contributed by atoms with Gasteiger partial charge in [0.15, 0.2) is 0 Å². The monoisotopic (exact) mass is 314 g/mol. The first kappa shape index (κ1) is 18.0.